The highest BCUT2D eigenvalue weighted by Crippen LogP contribution is 2.02. The van der Waals surface area contributed by atoms with Crippen molar-refractivity contribution in [2.45, 2.75) is 32.5 Å². The van der Waals surface area contributed by atoms with E-state index in [0.29, 0.717) is 0 Å². The van der Waals surface area contributed by atoms with Crippen LogP contribution in [0.1, 0.15) is 24.6 Å². The van der Waals surface area contributed by atoms with Crippen molar-refractivity contribution in [3.05, 3.63) is 29.6 Å². The Labute approximate surface area is 128 Å². The van der Waals surface area contributed by atoms with Crippen LogP contribution in [-0.4, -0.2) is 56.4 Å². The molecule has 0 fully saturated rings. The highest BCUT2D eigenvalue weighted by atomic mass is 15.1. The molecule has 5 heteroatoms. The molecule has 1 aromatic rings. The molecule has 118 valence electrons. The second-order valence-corrected chi connectivity index (χ2v) is 5.57. The normalized spacial score (nSPS) is 13.2. The van der Waals surface area contributed by atoms with Crippen molar-refractivity contribution in [3.8, 4) is 0 Å². The smallest absolute Gasteiger partial charge is 0.0544 e. The van der Waals surface area contributed by atoms with Gasteiger partial charge in [0.25, 0.3) is 0 Å². The molecule has 0 aliphatic heterocycles. The molecule has 2 N–H and O–H groups in total. The maximum atomic E-state index is 4.41. The molecule has 0 radical (unpaired) electrons. The van der Waals surface area contributed by atoms with Gasteiger partial charge in [-0.25, -0.2) is 0 Å². The second kappa shape index (κ2) is 10.4. The molecule has 1 rings (SSSR count). The summed E-state index contributed by atoms with van der Waals surface area (Å²) in [6.07, 6.45) is 4.95. The topological polar surface area (TPSA) is 52.6 Å². The molecule has 1 atom stereocenters. The molecule has 0 spiro atoms. The Morgan fingerprint density at radius 2 is 2.19 bits per heavy atom. The van der Waals surface area contributed by atoms with Gasteiger partial charge in [-0.1, -0.05) is 0 Å². The summed E-state index contributed by atoms with van der Waals surface area (Å²) in [4.78, 5) is 10.6. The van der Waals surface area contributed by atoms with Crippen LogP contribution in [0.15, 0.2) is 23.3 Å². The Morgan fingerprint density at radius 3 is 2.90 bits per heavy atom. The Morgan fingerprint density at radius 1 is 1.38 bits per heavy atom. The first kappa shape index (κ1) is 17.8. The molecule has 0 amide bonds. The van der Waals surface area contributed by atoms with Crippen molar-refractivity contribution in [2.24, 2.45) is 4.99 Å². The number of rotatable bonds is 10. The summed E-state index contributed by atoms with van der Waals surface area (Å²) in [5.74, 6) is 0. The fourth-order valence-corrected chi connectivity index (χ4v) is 2.03. The van der Waals surface area contributed by atoms with Gasteiger partial charge in [-0.2, -0.15) is 0 Å². The number of hydrogen-bond donors (Lipinski definition) is 2. The van der Waals surface area contributed by atoms with Crippen LogP contribution >= 0.6 is 0 Å². The molecule has 0 aliphatic carbocycles. The van der Waals surface area contributed by atoms with Crippen molar-refractivity contribution in [2.75, 3.05) is 34.2 Å². The Bertz CT molecular complexity index is 417. The summed E-state index contributed by atoms with van der Waals surface area (Å²) >= 11 is 0. The van der Waals surface area contributed by atoms with Gasteiger partial charge in [0, 0.05) is 38.6 Å². The minimum absolute atomic E-state index is 0.288. The first-order chi connectivity index (χ1) is 10.1. The van der Waals surface area contributed by atoms with Crippen molar-refractivity contribution >= 4 is 6.21 Å². The standard InChI is InChI=1S/C16H29N5/c1-14(11-17-2)20-12-15-6-8-19-16(10-15)13-18-7-5-9-21(3)4/h6,8,10-11,14,18,20H,5,7,9,12-13H2,1-4H3. The van der Waals surface area contributed by atoms with Crippen molar-refractivity contribution in [1.29, 1.82) is 0 Å². The van der Waals surface area contributed by atoms with E-state index < -0.39 is 0 Å². The van der Waals surface area contributed by atoms with Crippen LogP contribution in [0.25, 0.3) is 0 Å². The predicted molar refractivity (Wildman–Crippen MR) is 89.8 cm³/mol. The maximum absolute atomic E-state index is 4.41. The van der Waals surface area contributed by atoms with Gasteiger partial charge in [0.1, 0.15) is 0 Å². The largest absolute Gasteiger partial charge is 0.311 e. The van der Waals surface area contributed by atoms with E-state index in [2.05, 4.69) is 58.7 Å². The van der Waals surface area contributed by atoms with Gasteiger partial charge < -0.3 is 15.5 Å². The maximum Gasteiger partial charge on any atom is 0.0544 e. The molecule has 0 saturated heterocycles. The third-order valence-corrected chi connectivity index (χ3v) is 3.15. The van der Waals surface area contributed by atoms with Crippen LogP contribution in [0, 0.1) is 0 Å². The van der Waals surface area contributed by atoms with Crippen LogP contribution in [0.3, 0.4) is 0 Å². The van der Waals surface area contributed by atoms with Crippen molar-refractivity contribution in [3.63, 3.8) is 0 Å². The first-order valence-electron chi connectivity index (χ1n) is 7.56. The fourth-order valence-electron chi connectivity index (χ4n) is 2.03. The molecule has 1 heterocycles. The van der Waals surface area contributed by atoms with Crippen LogP contribution in [-0.2, 0) is 13.1 Å². The van der Waals surface area contributed by atoms with E-state index in [1.165, 1.54) is 5.56 Å². The van der Waals surface area contributed by atoms with E-state index in [1.807, 2.05) is 12.4 Å². The van der Waals surface area contributed by atoms with E-state index in [-0.39, 0.29) is 6.04 Å². The van der Waals surface area contributed by atoms with Gasteiger partial charge in [0.05, 0.1) is 5.69 Å². The van der Waals surface area contributed by atoms with Gasteiger partial charge >= 0.3 is 0 Å². The molecule has 1 aromatic heterocycles. The zero-order chi connectivity index (χ0) is 15.5. The summed E-state index contributed by atoms with van der Waals surface area (Å²) < 4.78 is 0. The third-order valence-electron chi connectivity index (χ3n) is 3.15. The van der Waals surface area contributed by atoms with E-state index in [0.717, 1.165) is 38.3 Å². The number of aliphatic imine (C=N–C) groups is 1. The zero-order valence-electron chi connectivity index (χ0n) is 13.8. The highest BCUT2D eigenvalue weighted by molar-refractivity contribution is 5.63. The summed E-state index contributed by atoms with van der Waals surface area (Å²) in [6.45, 7) is 5.89. The summed E-state index contributed by atoms with van der Waals surface area (Å²) in [7, 11) is 6.00. The van der Waals surface area contributed by atoms with Crippen LogP contribution in [0.4, 0.5) is 0 Å². The van der Waals surface area contributed by atoms with Gasteiger partial charge in [-0.05, 0) is 58.2 Å². The van der Waals surface area contributed by atoms with Crippen molar-refractivity contribution in [1.82, 2.24) is 20.5 Å². The molecule has 0 bridgehead atoms. The number of aromatic nitrogens is 1. The lowest BCUT2D eigenvalue weighted by molar-refractivity contribution is 0.394. The van der Waals surface area contributed by atoms with E-state index in [9.17, 15) is 0 Å². The lowest BCUT2D eigenvalue weighted by atomic mass is 10.2. The van der Waals surface area contributed by atoms with Gasteiger partial charge in [0.2, 0.25) is 0 Å². The Balaban J connectivity index is 2.31. The number of nitrogens with one attached hydrogen (secondary N) is 2. The lowest BCUT2D eigenvalue weighted by Gasteiger charge is -2.11. The molecule has 0 saturated carbocycles. The van der Waals surface area contributed by atoms with E-state index in [4.69, 9.17) is 0 Å². The van der Waals surface area contributed by atoms with Gasteiger partial charge in [-0.3, -0.25) is 9.98 Å². The minimum atomic E-state index is 0.288. The lowest BCUT2D eigenvalue weighted by Crippen LogP contribution is -2.26. The van der Waals surface area contributed by atoms with Crippen LogP contribution in [0.5, 0.6) is 0 Å². The first-order valence-corrected chi connectivity index (χ1v) is 7.56. The molecule has 0 aromatic carbocycles. The second-order valence-electron chi connectivity index (χ2n) is 5.57. The van der Waals surface area contributed by atoms with E-state index in [1.54, 1.807) is 7.05 Å². The van der Waals surface area contributed by atoms with Crippen LogP contribution in [0.2, 0.25) is 0 Å². The predicted octanol–water partition coefficient (Wildman–Crippen LogP) is 1.30. The zero-order valence-corrected chi connectivity index (χ0v) is 13.8. The molecule has 21 heavy (non-hydrogen) atoms. The molecule has 5 nitrogen and oxygen atoms in total. The van der Waals surface area contributed by atoms with E-state index >= 15 is 0 Å². The fraction of sp³-hybridized carbons (Fsp3) is 0.625. The van der Waals surface area contributed by atoms with Gasteiger partial charge in [0.15, 0.2) is 0 Å². The molecular formula is C16H29N5. The minimum Gasteiger partial charge on any atom is -0.311 e. The third kappa shape index (κ3) is 8.55. The highest BCUT2D eigenvalue weighted by Gasteiger charge is 2.00. The SMILES string of the molecule is CN=CC(C)NCc1ccnc(CNCCCN(C)C)c1. The molecular weight excluding hydrogens is 262 g/mol. The Hall–Kier alpha value is -1.30. The van der Waals surface area contributed by atoms with Crippen LogP contribution < -0.4 is 10.6 Å². The number of pyridine rings is 1. The summed E-state index contributed by atoms with van der Waals surface area (Å²) in [5, 5.41) is 6.85. The molecule has 0 aliphatic rings. The number of hydrogen-bond acceptors (Lipinski definition) is 5. The number of nitrogens with zero attached hydrogens (tertiary/aromatic N) is 3. The summed E-state index contributed by atoms with van der Waals surface area (Å²) in [6, 6.07) is 4.50. The monoisotopic (exact) mass is 291 g/mol. The van der Waals surface area contributed by atoms with Crippen molar-refractivity contribution < 1.29 is 0 Å². The average Bonchev–Trinajstić information content (AvgIpc) is 2.45. The quantitative estimate of drug-likeness (QED) is 0.504. The van der Waals surface area contributed by atoms with Gasteiger partial charge in [-0.15, -0.1) is 0 Å². The molecule has 1 unspecified atom stereocenters. The average molecular weight is 291 g/mol. The Kier molecular flexibility index (Phi) is 8.82. The summed E-state index contributed by atoms with van der Waals surface area (Å²) in [5.41, 5.74) is 2.35.